The van der Waals surface area contributed by atoms with Crippen molar-refractivity contribution >= 4 is 56.6 Å². The third-order valence-corrected chi connectivity index (χ3v) is 5.77. The summed E-state index contributed by atoms with van der Waals surface area (Å²) in [5.74, 6) is -0.927. The van der Waals surface area contributed by atoms with Gasteiger partial charge in [0.2, 0.25) is 0 Å². The van der Waals surface area contributed by atoms with E-state index < -0.39 is 11.9 Å². The number of esters is 1. The Kier molecular flexibility index (Phi) is 5.69. The standard InChI is InChI=1S/C19H16Cl2N2O3S/c1-10-6-11(2)17-15(7-10)23(9-16(24)26-3)19(27-17)22-18(25)13-5-4-12(20)8-14(13)21/h4-8H,9H2,1-3H3. The van der Waals surface area contributed by atoms with Crippen LogP contribution in [0.15, 0.2) is 35.3 Å². The second kappa shape index (κ2) is 7.84. The summed E-state index contributed by atoms with van der Waals surface area (Å²) >= 11 is 13.3. The average Bonchev–Trinajstić information content (AvgIpc) is 2.92. The van der Waals surface area contributed by atoms with Crippen LogP contribution in [-0.4, -0.2) is 23.6 Å². The van der Waals surface area contributed by atoms with Gasteiger partial charge in [-0.25, -0.2) is 0 Å². The number of ether oxygens (including phenoxy) is 1. The average molecular weight is 423 g/mol. The van der Waals surface area contributed by atoms with Crippen molar-refractivity contribution in [2.75, 3.05) is 7.11 Å². The number of carbonyl (C=O) groups is 2. The largest absolute Gasteiger partial charge is 0.468 e. The first-order valence-corrected chi connectivity index (χ1v) is 9.59. The molecule has 27 heavy (non-hydrogen) atoms. The molecule has 0 spiro atoms. The number of benzene rings is 2. The van der Waals surface area contributed by atoms with E-state index in [4.69, 9.17) is 27.9 Å². The minimum atomic E-state index is -0.504. The Labute approximate surface area is 169 Å². The summed E-state index contributed by atoms with van der Waals surface area (Å²) in [5, 5.41) is 0.661. The molecule has 8 heteroatoms. The first kappa shape index (κ1) is 19.6. The van der Waals surface area contributed by atoms with E-state index >= 15 is 0 Å². The number of nitrogens with zero attached hydrogens (tertiary/aromatic N) is 2. The van der Waals surface area contributed by atoms with Gasteiger partial charge in [-0.1, -0.05) is 40.6 Å². The van der Waals surface area contributed by atoms with Crippen LogP contribution in [0.4, 0.5) is 0 Å². The SMILES string of the molecule is COC(=O)Cn1c(=NC(=O)c2ccc(Cl)cc2Cl)sc2c(C)cc(C)cc21. The van der Waals surface area contributed by atoms with Crippen molar-refractivity contribution in [3.8, 4) is 0 Å². The smallest absolute Gasteiger partial charge is 0.325 e. The normalized spacial score (nSPS) is 11.8. The van der Waals surface area contributed by atoms with Crippen LogP contribution >= 0.6 is 34.5 Å². The van der Waals surface area contributed by atoms with Gasteiger partial charge >= 0.3 is 5.97 Å². The monoisotopic (exact) mass is 422 g/mol. The van der Waals surface area contributed by atoms with E-state index in [-0.39, 0.29) is 17.1 Å². The Balaban J connectivity index is 2.21. The summed E-state index contributed by atoms with van der Waals surface area (Å²) in [6, 6.07) is 8.61. The summed E-state index contributed by atoms with van der Waals surface area (Å²) in [5.41, 5.74) is 3.18. The topological polar surface area (TPSA) is 60.7 Å². The molecule has 3 rings (SSSR count). The first-order chi connectivity index (χ1) is 12.8. The predicted molar refractivity (Wildman–Crippen MR) is 108 cm³/mol. The van der Waals surface area contributed by atoms with Crippen molar-refractivity contribution in [2.24, 2.45) is 4.99 Å². The summed E-state index contributed by atoms with van der Waals surface area (Å²) in [4.78, 5) is 29.2. The molecule has 5 nitrogen and oxygen atoms in total. The lowest BCUT2D eigenvalue weighted by molar-refractivity contribution is -0.141. The molecular weight excluding hydrogens is 407 g/mol. The van der Waals surface area contributed by atoms with E-state index in [1.165, 1.54) is 30.6 Å². The van der Waals surface area contributed by atoms with Crippen molar-refractivity contribution in [1.29, 1.82) is 0 Å². The molecule has 0 aliphatic rings. The number of hydrogen-bond donors (Lipinski definition) is 0. The maximum absolute atomic E-state index is 12.7. The van der Waals surface area contributed by atoms with Gasteiger partial charge in [0.05, 0.1) is 27.9 Å². The van der Waals surface area contributed by atoms with Crippen molar-refractivity contribution in [2.45, 2.75) is 20.4 Å². The van der Waals surface area contributed by atoms with Gasteiger partial charge in [0.25, 0.3) is 5.91 Å². The molecule has 0 atom stereocenters. The van der Waals surface area contributed by atoms with E-state index in [0.29, 0.717) is 9.82 Å². The van der Waals surface area contributed by atoms with Crippen molar-refractivity contribution in [3.63, 3.8) is 0 Å². The van der Waals surface area contributed by atoms with Gasteiger partial charge in [-0.2, -0.15) is 4.99 Å². The molecule has 2 aromatic carbocycles. The number of methoxy groups -OCH3 is 1. The molecule has 3 aromatic rings. The van der Waals surface area contributed by atoms with Crippen molar-refractivity contribution < 1.29 is 14.3 Å². The highest BCUT2D eigenvalue weighted by atomic mass is 35.5. The van der Waals surface area contributed by atoms with Gasteiger partial charge in [0, 0.05) is 5.02 Å². The second-order valence-electron chi connectivity index (χ2n) is 6.02. The Morgan fingerprint density at radius 1 is 1.19 bits per heavy atom. The van der Waals surface area contributed by atoms with E-state index in [2.05, 4.69) is 4.99 Å². The molecule has 0 aliphatic carbocycles. The number of fused-ring (bicyclic) bond motifs is 1. The first-order valence-electron chi connectivity index (χ1n) is 8.01. The maximum atomic E-state index is 12.7. The van der Waals surface area contributed by atoms with Gasteiger partial charge in [-0.05, 0) is 49.2 Å². The van der Waals surface area contributed by atoms with Crippen LogP contribution in [0.3, 0.4) is 0 Å². The fourth-order valence-electron chi connectivity index (χ4n) is 2.75. The highest BCUT2D eigenvalue weighted by Gasteiger charge is 2.15. The van der Waals surface area contributed by atoms with E-state index in [0.717, 1.165) is 21.3 Å². The van der Waals surface area contributed by atoms with Crippen LogP contribution in [0.5, 0.6) is 0 Å². The Bertz CT molecular complexity index is 1130. The van der Waals surface area contributed by atoms with Gasteiger partial charge < -0.3 is 9.30 Å². The summed E-state index contributed by atoms with van der Waals surface area (Å²) in [6.45, 7) is 3.91. The van der Waals surface area contributed by atoms with Gasteiger partial charge in [-0.3, -0.25) is 9.59 Å². The zero-order chi connectivity index (χ0) is 19.7. The third kappa shape index (κ3) is 4.08. The van der Waals surface area contributed by atoms with Gasteiger partial charge in [0.1, 0.15) is 6.54 Å². The predicted octanol–water partition coefficient (Wildman–Crippen LogP) is 4.54. The summed E-state index contributed by atoms with van der Waals surface area (Å²) < 4.78 is 7.44. The fourth-order valence-corrected chi connectivity index (χ4v) is 4.32. The summed E-state index contributed by atoms with van der Waals surface area (Å²) in [7, 11) is 1.32. The fraction of sp³-hybridized carbons (Fsp3) is 0.211. The lowest BCUT2D eigenvalue weighted by atomic mass is 10.1. The number of amides is 1. The molecule has 0 aliphatic heterocycles. The van der Waals surface area contributed by atoms with Crippen LogP contribution < -0.4 is 4.80 Å². The molecule has 0 saturated carbocycles. The molecule has 0 N–H and O–H groups in total. The highest BCUT2D eigenvalue weighted by molar-refractivity contribution is 7.16. The number of halogens is 2. The summed E-state index contributed by atoms with van der Waals surface area (Å²) in [6.07, 6.45) is 0. The maximum Gasteiger partial charge on any atom is 0.325 e. The Morgan fingerprint density at radius 2 is 1.93 bits per heavy atom. The zero-order valence-electron chi connectivity index (χ0n) is 14.9. The minimum Gasteiger partial charge on any atom is -0.468 e. The molecule has 140 valence electrons. The van der Waals surface area contributed by atoms with E-state index in [1.54, 1.807) is 10.6 Å². The molecule has 0 bridgehead atoms. The van der Waals surface area contributed by atoms with Crippen LogP contribution in [0.1, 0.15) is 21.5 Å². The molecule has 0 fully saturated rings. The lowest BCUT2D eigenvalue weighted by Gasteiger charge is -2.05. The van der Waals surface area contributed by atoms with Gasteiger partial charge in [-0.15, -0.1) is 0 Å². The van der Waals surface area contributed by atoms with Gasteiger partial charge in [0.15, 0.2) is 4.80 Å². The number of carbonyl (C=O) groups excluding carboxylic acids is 2. The molecule has 1 aromatic heterocycles. The van der Waals surface area contributed by atoms with Crippen LogP contribution in [0.25, 0.3) is 10.2 Å². The van der Waals surface area contributed by atoms with E-state index in [1.807, 2.05) is 26.0 Å². The minimum absolute atomic E-state index is 0.0418. The van der Waals surface area contributed by atoms with Crippen LogP contribution in [0, 0.1) is 13.8 Å². The lowest BCUT2D eigenvalue weighted by Crippen LogP contribution is -2.22. The highest BCUT2D eigenvalue weighted by Crippen LogP contribution is 2.24. The third-order valence-electron chi connectivity index (χ3n) is 3.99. The number of aryl methyl sites for hydroxylation is 2. The number of hydrogen-bond acceptors (Lipinski definition) is 4. The number of aromatic nitrogens is 1. The van der Waals surface area contributed by atoms with Crippen molar-refractivity contribution in [1.82, 2.24) is 4.57 Å². The van der Waals surface area contributed by atoms with E-state index in [9.17, 15) is 9.59 Å². The quantitative estimate of drug-likeness (QED) is 0.581. The molecule has 1 heterocycles. The second-order valence-corrected chi connectivity index (χ2v) is 7.84. The number of rotatable bonds is 3. The van der Waals surface area contributed by atoms with Crippen LogP contribution in [-0.2, 0) is 16.1 Å². The molecule has 1 amide bonds. The zero-order valence-corrected chi connectivity index (χ0v) is 17.2. The Hall–Kier alpha value is -2.15. The Morgan fingerprint density at radius 3 is 2.59 bits per heavy atom. The van der Waals surface area contributed by atoms with Crippen LogP contribution in [0.2, 0.25) is 10.0 Å². The molecule has 0 saturated heterocycles. The van der Waals surface area contributed by atoms with Crippen molar-refractivity contribution in [3.05, 3.63) is 61.9 Å². The molecule has 0 radical (unpaired) electrons. The number of thiazole rings is 1. The molecular formula is C19H16Cl2N2O3S. The molecule has 0 unspecified atom stereocenters.